The van der Waals surface area contributed by atoms with Gasteiger partial charge < -0.3 is 25.2 Å². The van der Waals surface area contributed by atoms with Crippen LogP contribution in [0.3, 0.4) is 0 Å². The van der Waals surface area contributed by atoms with E-state index in [1.807, 2.05) is 43.9 Å². The van der Waals surface area contributed by atoms with Crippen molar-refractivity contribution in [3.63, 3.8) is 0 Å². The van der Waals surface area contributed by atoms with Gasteiger partial charge >= 0.3 is 6.01 Å². The van der Waals surface area contributed by atoms with Gasteiger partial charge in [0.15, 0.2) is 11.5 Å². The monoisotopic (exact) mass is 498 g/mol. The first-order chi connectivity index (χ1) is 18.5. The number of fused-ring (bicyclic) bond motifs is 1. The third-order valence-electron chi connectivity index (χ3n) is 6.11. The molecule has 1 aliphatic rings. The fraction of sp³-hybridized carbons (Fsp3) is 0.560. The van der Waals surface area contributed by atoms with Crippen LogP contribution in [0.5, 0.6) is 6.01 Å². The van der Waals surface area contributed by atoms with Crippen molar-refractivity contribution in [3.8, 4) is 6.01 Å². The Balaban J connectivity index is 1.48. The maximum Gasteiger partial charge on any atom is 0.336 e. The van der Waals surface area contributed by atoms with E-state index < -0.39 is 13.0 Å². The Bertz CT molecular complexity index is 1300. The van der Waals surface area contributed by atoms with E-state index in [9.17, 15) is 4.79 Å². The molecule has 4 heterocycles. The number of rotatable bonds is 9. The summed E-state index contributed by atoms with van der Waals surface area (Å²) in [6, 6.07) is 1.99. The van der Waals surface area contributed by atoms with Gasteiger partial charge in [0.2, 0.25) is 5.91 Å². The summed E-state index contributed by atoms with van der Waals surface area (Å²) in [6.45, 7) is 4.83. The van der Waals surface area contributed by atoms with Crippen LogP contribution in [-0.4, -0.2) is 93.2 Å². The number of amides is 1. The van der Waals surface area contributed by atoms with E-state index in [2.05, 4.69) is 26.0 Å². The number of anilines is 2. The van der Waals surface area contributed by atoms with Gasteiger partial charge in [-0.15, -0.1) is 5.10 Å². The number of ether oxygens (including phenoxy) is 1. The van der Waals surface area contributed by atoms with Gasteiger partial charge in [-0.05, 0) is 45.4 Å². The topological polar surface area (TPSA) is 118 Å². The zero-order chi connectivity index (χ0) is 28.3. The molecule has 0 bridgehead atoms. The van der Waals surface area contributed by atoms with E-state index in [1.54, 1.807) is 10.7 Å². The van der Waals surface area contributed by atoms with Gasteiger partial charge in [0.25, 0.3) is 0 Å². The Morgan fingerprint density at radius 3 is 2.69 bits per heavy atom. The Morgan fingerprint density at radius 2 is 2.03 bits per heavy atom. The van der Waals surface area contributed by atoms with Crippen LogP contribution in [0.1, 0.15) is 47.6 Å². The lowest BCUT2D eigenvalue weighted by Gasteiger charge is -2.36. The summed E-state index contributed by atoms with van der Waals surface area (Å²) in [5.41, 5.74) is 9.22. The molecule has 1 aliphatic heterocycles. The summed E-state index contributed by atoms with van der Waals surface area (Å²) in [5.74, 6) is 1.16. The van der Waals surface area contributed by atoms with Gasteiger partial charge in [0.1, 0.15) is 5.82 Å². The van der Waals surface area contributed by atoms with Gasteiger partial charge in [-0.3, -0.25) is 4.79 Å². The Morgan fingerprint density at radius 1 is 1.25 bits per heavy atom. The molecule has 3 aromatic rings. The predicted octanol–water partition coefficient (Wildman–Crippen LogP) is 1.78. The highest BCUT2D eigenvalue weighted by molar-refractivity contribution is 5.78. The molecule has 0 aliphatic carbocycles. The quantitative estimate of drug-likeness (QED) is 0.471. The number of piperazine rings is 1. The smallest absolute Gasteiger partial charge is 0.336 e. The third kappa shape index (κ3) is 5.84. The number of imidazole rings is 1. The van der Waals surface area contributed by atoms with Crippen LogP contribution >= 0.6 is 0 Å². The molecule has 11 nitrogen and oxygen atoms in total. The fourth-order valence-corrected chi connectivity index (χ4v) is 4.35. The molecule has 3 aromatic heterocycles. The number of hydrogen-bond donors (Lipinski definition) is 1. The Labute approximate surface area is 216 Å². The zero-order valence-corrected chi connectivity index (χ0v) is 21.4. The number of nitrogens with zero attached hydrogens (tertiary/aromatic N) is 8. The molecule has 1 atom stereocenters. The molecular weight excluding hydrogens is 458 g/mol. The van der Waals surface area contributed by atoms with Crippen molar-refractivity contribution in [1.29, 1.82) is 0 Å². The average Bonchev–Trinajstić information content (AvgIpc) is 3.26. The highest BCUT2D eigenvalue weighted by Crippen LogP contribution is 2.22. The summed E-state index contributed by atoms with van der Waals surface area (Å²) in [5, 5.41) is 4.41. The second-order valence-electron chi connectivity index (χ2n) is 9.43. The van der Waals surface area contributed by atoms with Crippen LogP contribution in [0, 0.1) is 6.92 Å². The Kier molecular flexibility index (Phi) is 6.70. The third-order valence-corrected chi connectivity index (χ3v) is 6.11. The molecule has 36 heavy (non-hydrogen) atoms. The van der Waals surface area contributed by atoms with Crippen LogP contribution < -0.4 is 15.4 Å². The van der Waals surface area contributed by atoms with Gasteiger partial charge in [0.05, 0.1) is 24.5 Å². The van der Waals surface area contributed by atoms with E-state index in [4.69, 9.17) is 19.6 Å². The van der Waals surface area contributed by atoms with Crippen LogP contribution in [0.25, 0.3) is 5.65 Å². The van der Waals surface area contributed by atoms with Crippen molar-refractivity contribution in [1.82, 2.24) is 34.4 Å². The minimum Gasteiger partial charge on any atom is -0.459 e. The van der Waals surface area contributed by atoms with Crippen LogP contribution in [0.15, 0.2) is 18.5 Å². The molecule has 1 amide bonds. The molecule has 0 saturated carbocycles. The minimum atomic E-state index is -2.31. The van der Waals surface area contributed by atoms with Crippen molar-refractivity contribution in [2.75, 3.05) is 57.5 Å². The highest BCUT2D eigenvalue weighted by atomic mass is 16.5. The molecule has 0 radical (unpaired) electrons. The summed E-state index contributed by atoms with van der Waals surface area (Å²) in [4.78, 5) is 31.6. The molecule has 0 unspecified atom stereocenters. The summed E-state index contributed by atoms with van der Waals surface area (Å²) >= 11 is 0. The molecule has 2 N–H and O–H groups in total. The number of likely N-dealkylation sites (N-methyl/N-ethyl adjacent to an activating group) is 1. The lowest BCUT2D eigenvalue weighted by molar-refractivity contribution is -0.132. The normalized spacial score (nSPS) is 16.6. The van der Waals surface area contributed by atoms with Crippen molar-refractivity contribution in [2.24, 2.45) is 0 Å². The van der Waals surface area contributed by atoms with Crippen LogP contribution in [0.2, 0.25) is 0 Å². The minimum absolute atomic E-state index is 0.0957. The highest BCUT2D eigenvalue weighted by Gasteiger charge is 2.23. The number of carbonyl (C=O) groups excluding carboxylic acids is 1. The van der Waals surface area contributed by atoms with Crippen molar-refractivity contribution in [2.45, 2.75) is 46.1 Å². The molecule has 0 aromatic carbocycles. The van der Waals surface area contributed by atoms with E-state index in [0.717, 1.165) is 35.7 Å². The second-order valence-corrected chi connectivity index (χ2v) is 9.43. The molecule has 0 spiro atoms. The average molecular weight is 499 g/mol. The second kappa shape index (κ2) is 11.1. The predicted molar refractivity (Wildman–Crippen MR) is 139 cm³/mol. The largest absolute Gasteiger partial charge is 0.459 e. The molecule has 4 rings (SSSR count). The maximum absolute atomic E-state index is 12.4. The molecular formula is C25H37N9O2. The van der Waals surface area contributed by atoms with Crippen LogP contribution in [-0.2, 0) is 11.2 Å². The number of nitrogens with two attached hydrogens (primary N) is 1. The number of carbonyl (C=O) groups is 1. The molecule has 11 heteroatoms. The van der Waals surface area contributed by atoms with Crippen LogP contribution in [0.4, 0.5) is 11.6 Å². The Hall–Kier alpha value is -3.47. The lowest BCUT2D eigenvalue weighted by Crippen LogP contribution is -2.51. The summed E-state index contributed by atoms with van der Waals surface area (Å²) in [6.07, 6.45) is 3.94. The van der Waals surface area contributed by atoms with Gasteiger partial charge in [0, 0.05) is 42.9 Å². The fourth-order valence-electron chi connectivity index (χ4n) is 4.35. The van der Waals surface area contributed by atoms with E-state index in [0.29, 0.717) is 44.5 Å². The standard InChI is InChI=1S/C25H37N9O2/c1-6-7-18(3)36-25-29-22(26)24-28-15-20(34(24)30-25)13-19-12-17(2)23(27-14-19)33-10-8-32(9-11-33)21(35)16-31(4)5/h12,14-15,18H,6-11,13,16H2,1-5H3,(H2,26,29,30)/t18-/m1/s1/i3D3. The van der Waals surface area contributed by atoms with Gasteiger partial charge in [-0.2, -0.15) is 4.98 Å². The lowest BCUT2D eigenvalue weighted by atomic mass is 10.1. The first kappa shape index (κ1) is 21.8. The van der Waals surface area contributed by atoms with E-state index in [-0.39, 0.29) is 17.7 Å². The molecule has 1 saturated heterocycles. The summed E-state index contributed by atoms with van der Waals surface area (Å²) < 4.78 is 30.5. The number of aromatic nitrogens is 5. The van der Waals surface area contributed by atoms with Gasteiger partial charge in [-0.25, -0.2) is 14.5 Å². The van der Waals surface area contributed by atoms with E-state index in [1.165, 1.54) is 0 Å². The SMILES string of the molecule is [2H]C([2H])([2H])[C@H](CCC)Oc1nc(N)c2ncc(Cc3cnc(N4CCN(C(=O)CN(C)C)CC4)c(C)c3)n2n1. The number of nitrogen functional groups attached to an aromatic ring is 1. The number of hydrogen-bond acceptors (Lipinski definition) is 9. The first-order valence-corrected chi connectivity index (χ1v) is 12.3. The van der Waals surface area contributed by atoms with Crippen molar-refractivity contribution in [3.05, 3.63) is 35.3 Å². The van der Waals surface area contributed by atoms with Crippen molar-refractivity contribution >= 4 is 23.2 Å². The summed E-state index contributed by atoms with van der Waals surface area (Å²) in [7, 11) is 3.79. The molecule has 194 valence electrons. The molecule has 1 fully saturated rings. The number of pyridine rings is 1. The first-order valence-electron chi connectivity index (χ1n) is 13.8. The zero-order valence-electron chi connectivity index (χ0n) is 24.4. The number of aryl methyl sites for hydroxylation is 1. The maximum atomic E-state index is 12.4. The van der Waals surface area contributed by atoms with Crippen molar-refractivity contribution < 1.29 is 13.6 Å². The van der Waals surface area contributed by atoms with Gasteiger partial charge in [-0.1, -0.05) is 19.4 Å². The van der Waals surface area contributed by atoms with E-state index >= 15 is 0 Å².